The molecule has 2 fully saturated rings. The molecule has 2 N–H and O–H groups in total. The van der Waals surface area contributed by atoms with Crippen molar-refractivity contribution in [2.75, 3.05) is 26.0 Å². The first kappa shape index (κ1) is 29.3. The molecule has 0 radical (unpaired) electrons. The van der Waals surface area contributed by atoms with Crippen molar-refractivity contribution in [3.63, 3.8) is 0 Å². The molecule has 0 saturated heterocycles. The van der Waals surface area contributed by atoms with E-state index < -0.39 is 48.2 Å². The second-order valence-electron chi connectivity index (χ2n) is 10.6. The summed E-state index contributed by atoms with van der Waals surface area (Å²) in [6.07, 6.45) is 0.653. The first-order valence-electron chi connectivity index (χ1n) is 13.1. The summed E-state index contributed by atoms with van der Waals surface area (Å²) in [5.41, 5.74) is 0.0698. The zero-order valence-electron chi connectivity index (χ0n) is 22.7. The number of halogens is 4. The van der Waals surface area contributed by atoms with E-state index in [1.54, 1.807) is 7.05 Å². The number of rotatable bonds is 11. The topological polar surface area (TPSA) is 106 Å². The average molecular weight is 568 g/mol. The Morgan fingerprint density at radius 3 is 2.30 bits per heavy atom. The Labute approximate surface area is 229 Å². The number of hydrogen-bond acceptors (Lipinski definition) is 5. The number of methoxy groups -OCH3 is 1. The molecule has 1 aromatic heterocycles. The summed E-state index contributed by atoms with van der Waals surface area (Å²) in [6, 6.07) is 2.77. The molecule has 0 bridgehead atoms. The smallest absolute Gasteiger partial charge is 0.406 e. The summed E-state index contributed by atoms with van der Waals surface area (Å²) in [7, 11) is 3.89. The third-order valence-electron chi connectivity index (χ3n) is 7.55. The first-order chi connectivity index (χ1) is 18.8. The van der Waals surface area contributed by atoms with Crippen LogP contribution in [0.5, 0.6) is 5.75 Å². The van der Waals surface area contributed by atoms with Crippen LogP contribution in [0.4, 0.5) is 23.2 Å². The van der Waals surface area contributed by atoms with Crippen LogP contribution in [-0.4, -0.2) is 65.3 Å². The summed E-state index contributed by atoms with van der Waals surface area (Å²) in [5, 5.41) is 9.41. The molecule has 0 spiro atoms. The molecule has 2 aliphatic carbocycles. The van der Waals surface area contributed by atoms with Crippen molar-refractivity contribution in [3.8, 4) is 5.75 Å². The summed E-state index contributed by atoms with van der Waals surface area (Å²) in [6.45, 7) is -0.102. The highest BCUT2D eigenvalue weighted by Crippen LogP contribution is 2.51. The van der Waals surface area contributed by atoms with E-state index in [-0.39, 0.29) is 40.4 Å². The van der Waals surface area contributed by atoms with Crippen LogP contribution in [0.25, 0.3) is 0 Å². The number of benzene rings is 1. The fourth-order valence-electron chi connectivity index (χ4n) is 5.24. The number of likely N-dealkylation sites (N-methyl/N-ethyl adjacent to an activating group) is 1. The molecule has 2 aliphatic rings. The van der Waals surface area contributed by atoms with Gasteiger partial charge >= 0.3 is 6.18 Å². The summed E-state index contributed by atoms with van der Waals surface area (Å²) < 4.78 is 60.3. The molecule has 13 heteroatoms. The molecule has 1 heterocycles. The predicted molar refractivity (Wildman–Crippen MR) is 137 cm³/mol. The van der Waals surface area contributed by atoms with Crippen LogP contribution in [0.15, 0.2) is 24.4 Å². The van der Waals surface area contributed by atoms with Gasteiger partial charge in [-0.25, -0.2) is 4.39 Å². The van der Waals surface area contributed by atoms with Crippen LogP contribution >= 0.6 is 0 Å². The molecule has 1 aromatic carbocycles. The van der Waals surface area contributed by atoms with Gasteiger partial charge in [0.2, 0.25) is 11.8 Å². The van der Waals surface area contributed by atoms with Gasteiger partial charge in [0.25, 0.3) is 5.91 Å². The molecule has 3 amide bonds. The standard InChI is InChI=1S/C27H33F4N5O4/c1-14(26(39)35(2)13-27(29,30)31)17-11-18(28)19(12-21(17)40-4)33-25(38)23(22(15-5-6-15)16-7-8-16)34-24(37)20-9-10-32-36(20)3/h9-12,14-16,22-23H,5-8,13H2,1-4H3,(H,33,38)(H,34,37)/t14?,23-/m0/s1. The zero-order chi connectivity index (χ0) is 29.4. The van der Waals surface area contributed by atoms with Gasteiger partial charge in [0.15, 0.2) is 0 Å². The highest BCUT2D eigenvalue weighted by molar-refractivity contribution is 6.01. The van der Waals surface area contributed by atoms with E-state index in [2.05, 4.69) is 15.7 Å². The maximum Gasteiger partial charge on any atom is 0.406 e. The molecule has 9 nitrogen and oxygen atoms in total. The van der Waals surface area contributed by atoms with Crippen molar-refractivity contribution in [1.82, 2.24) is 20.0 Å². The Morgan fingerprint density at radius 2 is 1.80 bits per heavy atom. The van der Waals surface area contributed by atoms with E-state index in [0.717, 1.165) is 38.8 Å². The monoisotopic (exact) mass is 567 g/mol. The Balaban J connectivity index is 1.57. The number of carbonyl (C=O) groups excluding carboxylic acids is 3. The third kappa shape index (κ3) is 6.73. The number of nitrogens with zero attached hydrogens (tertiary/aromatic N) is 3. The van der Waals surface area contributed by atoms with Crippen LogP contribution in [0.3, 0.4) is 0 Å². The van der Waals surface area contributed by atoms with E-state index >= 15 is 4.39 Å². The molecule has 40 heavy (non-hydrogen) atoms. The van der Waals surface area contributed by atoms with Gasteiger partial charge < -0.3 is 20.3 Å². The minimum absolute atomic E-state index is 0.0226. The Hall–Kier alpha value is -3.64. The molecular formula is C27H33F4N5O4. The van der Waals surface area contributed by atoms with E-state index in [4.69, 9.17) is 4.74 Å². The lowest BCUT2D eigenvalue weighted by Crippen LogP contribution is -2.50. The highest BCUT2D eigenvalue weighted by atomic mass is 19.4. The molecule has 2 aromatic rings. The third-order valence-corrected chi connectivity index (χ3v) is 7.55. The normalized spacial score (nSPS) is 16.8. The quantitative estimate of drug-likeness (QED) is 0.401. The van der Waals surface area contributed by atoms with Gasteiger partial charge in [-0.15, -0.1) is 0 Å². The summed E-state index contributed by atoms with van der Waals surface area (Å²) >= 11 is 0. The van der Waals surface area contributed by atoms with Crippen LogP contribution in [0.2, 0.25) is 0 Å². The van der Waals surface area contributed by atoms with E-state index in [1.807, 2.05) is 0 Å². The van der Waals surface area contributed by atoms with Crippen LogP contribution < -0.4 is 15.4 Å². The van der Waals surface area contributed by atoms with Crippen LogP contribution in [-0.2, 0) is 16.6 Å². The Kier molecular flexibility index (Phi) is 8.41. The number of hydrogen-bond donors (Lipinski definition) is 2. The summed E-state index contributed by atoms with van der Waals surface area (Å²) in [4.78, 5) is 39.8. The number of amides is 3. The van der Waals surface area contributed by atoms with Crippen molar-refractivity contribution in [2.24, 2.45) is 24.8 Å². The Bertz CT molecular complexity index is 1260. The lowest BCUT2D eigenvalue weighted by Gasteiger charge is -2.28. The lowest BCUT2D eigenvalue weighted by molar-refractivity contribution is -0.159. The lowest BCUT2D eigenvalue weighted by atomic mass is 9.88. The maximum atomic E-state index is 15.3. The second kappa shape index (κ2) is 11.5. The van der Waals surface area contributed by atoms with Crippen LogP contribution in [0, 0.1) is 23.6 Å². The zero-order valence-corrected chi connectivity index (χ0v) is 22.7. The van der Waals surface area contributed by atoms with Crippen LogP contribution in [0.1, 0.15) is 54.6 Å². The molecular weight excluding hydrogens is 534 g/mol. The minimum atomic E-state index is -4.59. The van der Waals surface area contributed by atoms with Gasteiger partial charge in [-0.05, 0) is 62.5 Å². The first-order valence-corrected chi connectivity index (χ1v) is 13.1. The van der Waals surface area contributed by atoms with Crippen molar-refractivity contribution in [3.05, 3.63) is 41.5 Å². The number of alkyl halides is 3. The number of ether oxygens (including phenoxy) is 1. The SMILES string of the molecule is COc1cc(NC(=O)[C@@H](NC(=O)c2ccnn2C)C(C2CC2)C2CC2)c(F)cc1C(C)C(=O)N(C)CC(F)(F)F. The van der Waals surface area contributed by atoms with Crippen molar-refractivity contribution in [1.29, 1.82) is 0 Å². The van der Waals surface area contributed by atoms with Gasteiger partial charge in [-0.2, -0.15) is 18.3 Å². The molecule has 1 unspecified atom stereocenters. The number of aryl methyl sites for hydroxylation is 1. The number of anilines is 1. The second-order valence-corrected chi connectivity index (χ2v) is 10.6. The molecule has 218 valence electrons. The molecule has 4 rings (SSSR count). The van der Waals surface area contributed by atoms with Crippen molar-refractivity contribution in [2.45, 2.75) is 50.7 Å². The van der Waals surface area contributed by atoms with Gasteiger partial charge in [0.1, 0.15) is 29.8 Å². The summed E-state index contributed by atoms with van der Waals surface area (Å²) in [5.74, 6) is -3.53. The van der Waals surface area contributed by atoms with Gasteiger partial charge in [0, 0.05) is 31.9 Å². The molecule has 2 saturated carbocycles. The van der Waals surface area contributed by atoms with Gasteiger partial charge in [0.05, 0.1) is 18.7 Å². The minimum Gasteiger partial charge on any atom is -0.496 e. The van der Waals surface area contributed by atoms with Crippen molar-refractivity contribution >= 4 is 23.4 Å². The van der Waals surface area contributed by atoms with E-state index in [0.29, 0.717) is 4.90 Å². The van der Waals surface area contributed by atoms with E-state index in [9.17, 15) is 27.6 Å². The molecule has 2 atom stereocenters. The highest BCUT2D eigenvalue weighted by Gasteiger charge is 2.48. The molecule has 0 aliphatic heterocycles. The number of nitrogens with one attached hydrogen (secondary N) is 2. The fraction of sp³-hybridized carbons (Fsp3) is 0.556. The number of aromatic nitrogens is 2. The Morgan fingerprint density at radius 1 is 1.18 bits per heavy atom. The van der Waals surface area contributed by atoms with E-state index in [1.165, 1.54) is 37.0 Å². The van der Waals surface area contributed by atoms with Crippen molar-refractivity contribution < 1.29 is 36.7 Å². The number of carbonyl (C=O) groups is 3. The largest absolute Gasteiger partial charge is 0.496 e. The van der Waals surface area contributed by atoms with Gasteiger partial charge in [-0.1, -0.05) is 0 Å². The van der Waals surface area contributed by atoms with Gasteiger partial charge in [-0.3, -0.25) is 19.1 Å². The average Bonchev–Trinajstić information content (AvgIpc) is 3.82. The predicted octanol–water partition coefficient (Wildman–Crippen LogP) is 3.87. The maximum absolute atomic E-state index is 15.3. The fourth-order valence-corrected chi connectivity index (χ4v) is 5.24.